The van der Waals surface area contributed by atoms with Crippen LogP contribution in [0.4, 0.5) is 22.0 Å². The summed E-state index contributed by atoms with van der Waals surface area (Å²) in [6.07, 6.45) is -9.54. The molecule has 0 aromatic carbocycles. The zero-order valence-corrected chi connectivity index (χ0v) is 9.41. The summed E-state index contributed by atoms with van der Waals surface area (Å²) in [5.74, 6) is -2.79. The fourth-order valence-corrected chi connectivity index (χ4v) is 1.33. The molecule has 0 fully saturated rings. The van der Waals surface area contributed by atoms with Crippen molar-refractivity contribution in [1.29, 1.82) is 5.26 Å². The molecule has 0 aliphatic rings. The van der Waals surface area contributed by atoms with Crippen LogP contribution in [0.25, 0.3) is 0 Å². The zero-order valence-electron chi connectivity index (χ0n) is 9.41. The van der Waals surface area contributed by atoms with Gasteiger partial charge in [-0.3, -0.25) is 4.79 Å². The maximum atomic E-state index is 12.7. The van der Waals surface area contributed by atoms with Crippen LogP contribution in [0.3, 0.4) is 0 Å². The van der Waals surface area contributed by atoms with E-state index < -0.39 is 47.9 Å². The van der Waals surface area contributed by atoms with Gasteiger partial charge in [0.15, 0.2) is 5.69 Å². The summed E-state index contributed by atoms with van der Waals surface area (Å²) < 4.78 is 65.2. The summed E-state index contributed by atoms with van der Waals surface area (Å²) in [4.78, 5) is 13.7. The highest BCUT2D eigenvalue weighted by Gasteiger charge is 2.35. The summed E-state index contributed by atoms with van der Waals surface area (Å²) in [5, 5.41) is 17.1. The first-order valence-electron chi connectivity index (χ1n) is 4.83. The Hall–Kier alpha value is -2.44. The van der Waals surface area contributed by atoms with E-state index in [1.54, 1.807) is 0 Å². The van der Waals surface area contributed by atoms with Gasteiger partial charge in [-0.2, -0.15) is 5.26 Å². The third-order valence-corrected chi connectivity index (χ3v) is 1.96. The Morgan fingerprint density at radius 2 is 2.10 bits per heavy atom. The number of aliphatic carboxylic acids is 1. The molecule has 1 rings (SSSR count). The summed E-state index contributed by atoms with van der Waals surface area (Å²) in [5.41, 5.74) is -2.85. The average molecular weight is 296 g/mol. The van der Waals surface area contributed by atoms with E-state index in [9.17, 15) is 26.7 Å². The number of aromatic nitrogens is 1. The van der Waals surface area contributed by atoms with E-state index in [1.165, 1.54) is 6.07 Å². The molecule has 0 unspecified atom stereocenters. The van der Waals surface area contributed by atoms with Gasteiger partial charge in [0.2, 0.25) is 0 Å². The van der Waals surface area contributed by atoms with Gasteiger partial charge in [-0.25, -0.2) is 13.8 Å². The fraction of sp³-hybridized carbons (Fsp3) is 0.300. The Morgan fingerprint density at radius 3 is 2.50 bits per heavy atom. The van der Waals surface area contributed by atoms with Crippen LogP contribution in [0.5, 0.6) is 5.75 Å². The smallest absolute Gasteiger partial charge is 0.481 e. The number of nitrogens with zero attached hydrogens (tertiary/aromatic N) is 2. The molecule has 0 bridgehead atoms. The van der Waals surface area contributed by atoms with Crippen molar-refractivity contribution < 1.29 is 36.6 Å². The number of ether oxygens (including phenoxy) is 1. The molecular formula is C10H5F5N2O3. The van der Waals surface area contributed by atoms with Gasteiger partial charge < -0.3 is 9.84 Å². The Morgan fingerprint density at radius 1 is 1.50 bits per heavy atom. The lowest BCUT2D eigenvalue weighted by Crippen LogP contribution is -2.19. The Balaban J connectivity index is 3.42. The van der Waals surface area contributed by atoms with Crippen molar-refractivity contribution in [1.82, 2.24) is 4.98 Å². The van der Waals surface area contributed by atoms with Gasteiger partial charge in [0.25, 0.3) is 6.43 Å². The molecule has 0 saturated carbocycles. The van der Waals surface area contributed by atoms with Crippen LogP contribution in [0.1, 0.15) is 23.4 Å². The van der Waals surface area contributed by atoms with Gasteiger partial charge in [-0.15, -0.1) is 13.2 Å². The number of carbonyl (C=O) groups is 1. The molecule has 0 aliphatic heterocycles. The number of hydrogen-bond acceptors (Lipinski definition) is 4. The molecule has 0 radical (unpaired) electrons. The van der Waals surface area contributed by atoms with E-state index >= 15 is 0 Å². The standard InChI is InChI=1S/C10H5F5N2O3/c11-9(12)8-5(3-16)17-4(2-7(18)19)1-6(8)20-10(13,14)15/h1,9H,2H2,(H,18,19). The van der Waals surface area contributed by atoms with Crippen LogP contribution in [0, 0.1) is 11.3 Å². The Labute approximate surface area is 108 Å². The molecule has 108 valence electrons. The maximum absolute atomic E-state index is 12.7. The molecule has 0 spiro atoms. The van der Waals surface area contributed by atoms with Crippen LogP contribution in [0.15, 0.2) is 6.07 Å². The van der Waals surface area contributed by atoms with Crippen LogP contribution < -0.4 is 4.74 Å². The number of hydrogen-bond donors (Lipinski definition) is 1. The van der Waals surface area contributed by atoms with E-state index in [4.69, 9.17) is 10.4 Å². The Bertz CT molecular complexity index is 565. The van der Waals surface area contributed by atoms with Gasteiger partial charge in [-0.05, 0) is 0 Å². The number of pyridine rings is 1. The van der Waals surface area contributed by atoms with Crippen molar-refractivity contribution in [2.24, 2.45) is 0 Å². The van der Waals surface area contributed by atoms with Gasteiger partial charge in [0, 0.05) is 6.07 Å². The van der Waals surface area contributed by atoms with Gasteiger partial charge in [0.05, 0.1) is 17.7 Å². The summed E-state index contributed by atoms with van der Waals surface area (Å²) in [6.45, 7) is 0. The molecule has 10 heteroatoms. The molecule has 1 aromatic heterocycles. The zero-order chi connectivity index (χ0) is 15.5. The van der Waals surface area contributed by atoms with E-state index in [0.29, 0.717) is 6.07 Å². The summed E-state index contributed by atoms with van der Waals surface area (Å²) >= 11 is 0. The van der Waals surface area contributed by atoms with E-state index in [-0.39, 0.29) is 0 Å². The van der Waals surface area contributed by atoms with Crippen molar-refractivity contribution in [3.63, 3.8) is 0 Å². The topological polar surface area (TPSA) is 83.2 Å². The SMILES string of the molecule is N#Cc1nc(CC(=O)O)cc(OC(F)(F)F)c1C(F)F. The second kappa shape index (κ2) is 5.68. The normalized spacial score (nSPS) is 11.2. The lowest BCUT2D eigenvalue weighted by atomic mass is 10.1. The molecule has 20 heavy (non-hydrogen) atoms. The molecule has 0 atom stereocenters. The second-order valence-electron chi connectivity index (χ2n) is 3.40. The fourth-order valence-electron chi connectivity index (χ4n) is 1.33. The molecular weight excluding hydrogens is 291 g/mol. The van der Waals surface area contributed by atoms with Crippen molar-refractivity contribution in [3.8, 4) is 11.8 Å². The molecule has 0 saturated heterocycles. The first-order valence-corrected chi connectivity index (χ1v) is 4.83. The third kappa shape index (κ3) is 4.04. The third-order valence-electron chi connectivity index (χ3n) is 1.96. The highest BCUT2D eigenvalue weighted by molar-refractivity contribution is 5.70. The van der Waals surface area contributed by atoms with Crippen LogP contribution in [-0.4, -0.2) is 22.4 Å². The molecule has 5 nitrogen and oxygen atoms in total. The van der Waals surface area contributed by atoms with Gasteiger partial charge in [0.1, 0.15) is 11.8 Å². The largest absolute Gasteiger partial charge is 0.573 e. The maximum Gasteiger partial charge on any atom is 0.573 e. The van der Waals surface area contributed by atoms with Crippen molar-refractivity contribution in [3.05, 3.63) is 23.0 Å². The van der Waals surface area contributed by atoms with Crippen LogP contribution in [-0.2, 0) is 11.2 Å². The van der Waals surface area contributed by atoms with Crippen molar-refractivity contribution >= 4 is 5.97 Å². The molecule has 0 aliphatic carbocycles. The molecule has 1 aromatic rings. The minimum Gasteiger partial charge on any atom is -0.481 e. The molecule has 1 N–H and O–H groups in total. The first-order chi connectivity index (χ1) is 9.14. The summed E-state index contributed by atoms with van der Waals surface area (Å²) in [7, 11) is 0. The number of alkyl halides is 5. The number of carboxylic acids is 1. The molecule has 0 amide bonds. The quantitative estimate of drug-likeness (QED) is 0.863. The minimum atomic E-state index is -5.27. The van der Waals surface area contributed by atoms with Crippen molar-refractivity contribution in [2.75, 3.05) is 0 Å². The monoisotopic (exact) mass is 296 g/mol. The highest BCUT2D eigenvalue weighted by atomic mass is 19.4. The average Bonchev–Trinajstić information content (AvgIpc) is 2.24. The highest BCUT2D eigenvalue weighted by Crippen LogP contribution is 2.35. The van der Waals surface area contributed by atoms with Gasteiger partial charge >= 0.3 is 12.3 Å². The minimum absolute atomic E-state index is 0.421. The first kappa shape index (κ1) is 15.6. The predicted octanol–water partition coefficient (Wildman–Crippen LogP) is 2.42. The van der Waals surface area contributed by atoms with Crippen LogP contribution >= 0.6 is 0 Å². The second-order valence-corrected chi connectivity index (χ2v) is 3.40. The van der Waals surface area contributed by atoms with E-state index in [2.05, 4.69) is 9.72 Å². The lowest BCUT2D eigenvalue weighted by molar-refractivity contribution is -0.275. The van der Waals surface area contributed by atoms with E-state index in [1.807, 2.05) is 0 Å². The van der Waals surface area contributed by atoms with E-state index in [0.717, 1.165) is 0 Å². The summed E-state index contributed by atoms with van der Waals surface area (Å²) in [6, 6.07) is 1.61. The van der Waals surface area contributed by atoms with Crippen molar-refractivity contribution in [2.45, 2.75) is 19.2 Å². The lowest BCUT2D eigenvalue weighted by Gasteiger charge is -2.14. The number of nitriles is 1. The Kier molecular flexibility index (Phi) is 4.44. The number of rotatable bonds is 4. The number of carboxylic acid groups (broad SMARTS) is 1. The van der Waals surface area contributed by atoms with Crippen LogP contribution in [0.2, 0.25) is 0 Å². The number of halogens is 5. The van der Waals surface area contributed by atoms with Gasteiger partial charge in [-0.1, -0.05) is 0 Å². The molecule has 1 heterocycles. The predicted molar refractivity (Wildman–Crippen MR) is 51.9 cm³/mol.